The molecule has 29 heavy (non-hydrogen) atoms. The number of para-hydroxylation sites is 2. The van der Waals surface area contributed by atoms with Gasteiger partial charge < -0.3 is 9.64 Å². The Morgan fingerprint density at radius 2 is 1.34 bits per heavy atom. The third-order valence-electron chi connectivity index (χ3n) is 5.18. The molecule has 0 aromatic heterocycles. The smallest absolute Gasteiger partial charge is 0.127 e. The van der Waals surface area contributed by atoms with Gasteiger partial charge in [0.25, 0.3) is 0 Å². The van der Waals surface area contributed by atoms with Crippen molar-refractivity contribution in [3.8, 4) is 5.75 Å². The Kier molecular flexibility index (Phi) is 5.81. The minimum Gasteiger partial charge on any atom is -0.493 e. The van der Waals surface area contributed by atoms with Gasteiger partial charge in [-0.3, -0.25) is 0 Å². The zero-order valence-electron chi connectivity index (χ0n) is 17.1. The van der Waals surface area contributed by atoms with E-state index in [0.717, 1.165) is 42.3 Å². The Balaban J connectivity index is 1.98. The zero-order valence-corrected chi connectivity index (χ0v) is 17.1. The van der Waals surface area contributed by atoms with E-state index in [9.17, 15) is 0 Å². The SMILES string of the molecule is CCCOc1ccc(N(c2ccccc2)c2ccccc2)c2cccc(CC)c12. The molecule has 4 rings (SSSR count). The molecule has 0 aliphatic rings. The van der Waals surface area contributed by atoms with Crippen LogP contribution in [0, 0.1) is 0 Å². The van der Waals surface area contributed by atoms with Crippen LogP contribution in [0.5, 0.6) is 5.75 Å². The third kappa shape index (κ3) is 3.84. The number of fused-ring (bicyclic) bond motifs is 1. The van der Waals surface area contributed by atoms with E-state index in [1.165, 1.54) is 16.3 Å². The first-order chi connectivity index (χ1) is 14.3. The van der Waals surface area contributed by atoms with E-state index in [1.54, 1.807) is 0 Å². The number of anilines is 3. The van der Waals surface area contributed by atoms with Crippen LogP contribution in [0.25, 0.3) is 10.8 Å². The molecule has 0 radical (unpaired) electrons. The summed E-state index contributed by atoms with van der Waals surface area (Å²) in [5.74, 6) is 0.976. The maximum atomic E-state index is 6.14. The molecular weight excluding hydrogens is 354 g/mol. The van der Waals surface area contributed by atoms with Crippen molar-refractivity contribution in [3.05, 3.63) is 96.6 Å². The first kappa shape index (κ1) is 19.1. The molecule has 0 bridgehead atoms. The summed E-state index contributed by atoms with van der Waals surface area (Å²) in [6.45, 7) is 5.08. The van der Waals surface area contributed by atoms with Crippen LogP contribution in [0.15, 0.2) is 91.0 Å². The Labute approximate surface area is 173 Å². The second-order valence-electron chi connectivity index (χ2n) is 7.13. The first-order valence-corrected chi connectivity index (χ1v) is 10.4. The number of nitrogens with zero attached hydrogens (tertiary/aromatic N) is 1. The monoisotopic (exact) mass is 381 g/mol. The second-order valence-corrected chi connectivity index (χ2v) is 7.13. The fourth-order valence-corrected chi connectivity index (χ4v) is 3.84. The summed E-state index contributed by atoms with van der Waals surface area (Å²) in [4.78, 5) is 2.32. The summed E-state index contributed by atoms with van der Waals surface area (Å²) in [5.41, 5.74) is 4.77. The van der Waals surface area contributed by atoms with Crippen LogP contribution in [-0.2, 0) is 6.42 Å². The van der Waals surface area contributed by atoms with Crippen LogP contribution >= 0.6 is 0 Å². The predicted octanol–water partition coefficient (Wildman–Crippen LogP) is 7.66. The summed E-state index contributed by atoms with van der Waals surface area (Å²) in [5, 5.41) is 2.43. The van der Waals surface area contributed by atoms with E-state index in [0.29, 0.717) is 0 Å². The van der Waals surface area contributed by atoms with Crippen molar-refractivity contribution in [2.45, 2.75) is 26.7 Å². The van der Waals surface area contributed by atoms with Gasteiger partial charge in [0.1, 0.15) is 5.75 Å². The normalized spacial score (nSPS) is 10.8. The Morgan fingerprint density at radius 1 is 0.690 bits per heavy atom. The molecule has 0 aliphatic heterocycles. The van der Waals surface area contributed by atoms with Crippen LogP contribution in [-0.4, -0.2) is 6.61 Å². The van der Waals surface area contributed by atoms with Gasteiger partial charge in [0.2, 0.25) is 0 Å². The number of rotatable bonds is 7. The van der Waals surface area contributed by atoms with Gasteiger partial charge in [0, 0.05) is 22.1 Å². The van der Waals surface area contributed by atoms with Gasteiger partial charge in [0.05, 0.1) is 12.3 Å². The predicted molar refractivity (Wildman–Crippen MR) is 124 cm³/mol. The van der Waals surface area contributed by atoms with Gasteiger partial charge in [-0.05, 0) is 54.8 Å². The second kappa shape index (κ2) is 8.83. The fourth-order valence-electron chi connectivity index (χ4n) is 3.84. The lowest BCUT2D eigenvalue weighted by Crippen LogP contribution is -2.11. The van der Waals surface area contributed by atoms with Crippen molar-refractivity contribution in [1.82, 2.24) is 0 Å². The van der Waals surface area contributed by atoms with Gasteiger partial charge in [-0.1, -0.05) is 68.4 Å². The van der Waals surface area contributed by atoms with Gasteiger partial charge in [-0.2, -0.15) is 0 Å². The van der Waals surface area contributed by atoms with Crippen molar-refractivity contribution in [1.29, 1.82) is 0 Å². The van der Waals surface area contributed by atoms with Gasteiger partial charge in [-0.25, -0.2) is 0 Å². The van der Waals surface area contributed by atoms with Crippen molar-refractivity contribution in [2.24, 2.45) is 0 Å². The highest BCUT2D eigenvalue weighted by molar-refractivity contribution is 6.03. The van der Waals surface area contributed by atoms with E-state index in [1.807, 2.05) is 0 Å². The molecule has 2 nitrogen and oxygen atoms in total. The lowest BCUT2D eigenvalue weighted by molar-refractivity contribution is 0.321. The molecule has 0 saturated carbocycles. The molecule has 146 valence electrons. The van der Waals surface area contributed by atoms with Crippen molar-refractivity contribution < 1.29 is 4.74 Å². The number of hydrogen-bond acceptors (Lipinski definition) is 2. The Bertz CT molecular complexity index is 1030. The molecule has 0 fully saturated rings. The highest BCUT2D eigenvalue weighted by Crippen LogP contribution is 2.42. The molecule has 0 heterocycles. The highest BCUT2D eigenvalue weighted by Gasteiger charge is 2.18. The average molecular weight is 382 g/mol. The van der Waals surface area contributed by atoms with Crippen molar-refractivity contribution in [2.75, 3.05) is 11.5 Å². The Hall–Kier alpha value is -3.26. The summed E-state index contributed by atoms with van der Waals surface area (Å²) in [6, 6.07) is 32.0. The number of benzene rings is 4. The molecular formula is C27H27NO. The summed E-state index contributed by atoms with van der Waals surface area (Å²) in [7, 11) is 0. The molecule has 0 atom stereocenters. The molecule has 4 aromatic carbocycles. The molecule has 0 spiro atoms. The van der Waals surface area contributed by atoms with Crippen LogP contribution in [0.1, 0.15) is 25.8 Å². The Morgan fingerprint density at radius 3 is 1.93 bits per heavy atom. The van der Waals surface area contributed by atoms with Crippen molar-refractivity contribution in [3.63, 3.8) is 0 Å². The van der Waals surface area contributed by atoms with Crippen LogP contribution in [0.2, 0.25) is 0 Å². The molecule has 0 amide bonds. The van der Waals surface area contributed by atoms with Crippen LogP contribution < -0.4 is 9.64 Å². The van der Waals surface area contributed by atoms with E-state index in [4.69, 9.17) is 4.74 Å². The minimum atomic E-state index is 0.730. The van der Waals surface area contributed by atoms with E-state index in [-0.39, 0.29) is 0 Å². The molecule has 2 heteroatoms. The quantitative estimate of drug-likeness (QED) is 0.326. The van der Waals surface area contributed by atoms with Crippen LogP contribution in [0.4, 0.5) is 17.1 Å². The standard InChI is InChI=1S/C27H27NO/c1-3-20-29-26-19-18-25(24-17-11-12-21(4-2)27(24)26)28(22-13-7-5-8-14-22)23-15-9-6-10-16-23/h5-19H,3-4,20H2,1-2H3. The molecule has 0 unspecified atom stereocenters. The maximum Gasteiger partial charge on any atom is 0.127 e. The maximum absolute atomic E-state index is 6.14. The van der Waals surface area contributed by atoms with E-state index >= 15 is 0 Å². The topological polar surface area (TPSA) is 12.5 Å². The van der Waals surface area contributed by atoms with Crippen LogP contribution in [0.3, 0.4) is 0 Å². The lowest BCUT2D eigenvalue weighted by atomic mass is 9.99. The third-order valence-corrected chi connectivity index (χ3v) is 5.18. The largest absolute Gasteiger partial charge is 0.493 e. The first-order valence-electron chi connectivity index (χ1n) is 10.4. The molecule has 0 saturated heterocycles. The van der Waals surface area contributed by atoms with E-state index in [2.05, 4.69) is 110 Å². The average Bonchev–Trinajstić information content (AvgIpc) is 2.79. The number of ether oxygens (including phenoxy) is 1. The zero-order chi connectivity index (χ0) is 20.1. The van der Waals surface area contributed by atoms with Crippen molar-refractivity contribution >= 4 is 27.8 Å². The lowest BCUT2D eigenvalue weighted by Gasteiger charge is -2.27. The summed E-state index contributed by atoms with van der Waals surface area (Å²) in [6.07, 6.45) is 1.97. The van der Waals surface area contributed by atoms with Gasteiger partial charge >= 0.3 is 0 Å². The number of aryl methyl sites for hydroxylation is 1. The molecule has 4 aromatic rings. The van der Waals surface area contributed by atoms with E-state index < -0.39 is 0 Å². The fraction of sp³-hybridized carbons (Fsp3) is 0.185. The highest BCUT2D eigenvalue weighted by atomic mass is 16.5. The molecule has 0 N–H and O–H groups in total. The minimum absolute atomic E-state index is 0.730. The van der Waals surface area contributed by atoms with Gasteiger partial charge in [-0.15, -0.1) is 0 Å². The summed E-state index contributed by atoms with van der Waals surface area (Å²) < 4.78 is 6.14. The number of hydrogen-bond donors (Lipinski definition) is 0. The summed E-state index contributed by atoms with van der Waals surface area (Å²) >= 11 is 0. The van der Waals surface area contributed by atoms with Gasteiger partial charge in [0.15, 0.2) is 0 Å². The molecule has 0 aliphatic carbocycles.